The zero-order valence-corrected chi connectivity index (χ0v) is 16.6. The summed E-state index contributed by atoms with van der Waals surface area (Å²) in [6.07, 6.45) is 5.55. The predicted molar refractivity (Wildman–Crippen MR) is 106 cm³/mol. The quantitative estimate of drug-likeness (QED) is 0.269. The third kappa shape index (κ3) is 7.22. The molecule has 1 aromatic heterocycles. The van der Waals surface area contributed by atoms with E-state index in [0.717, 1.165) is 50.3 Å². The molecule has 1 aromatic rings. The van der Waals surface area contributed by atoms with Crippen LogP contribution in [0.2, 0.25) is 5.15 Å². The van der Waals surface area contributed by atoms with Crippen LogP contribution in [-0.4, -0.2) is 41.8 Å². The average molecular weight is 453 g/mol. The first-order valence-electron chi connectivity index (χ1n) is 7.99. The molecule has 3 N–H and O–H groups in total. The van der Waals surface area contributed by atoms with Crippen molar-refractivity contribution in [3.05, 3.63) is 29.0 Å². The van der Waals surface area contributed by atoms with Gasteiger partial charge in [0.05, 0.1) is 6.10 Å². The van der Waals surface area contributed by atoms with Crippen molar-refractivity contribution < 1.29 is 5.11 Å². The smallest absolute Gasteiger partial charge is 0.191 e. The van der Waals surface area contributed by atoms with Crippen molar-refractivity contribution in [1.82, 2.24) is 15.6 Å². The van der Waals surface area contributed by atoms with Gasteiger partial charge in [-0.05, 0) is 37.8 Å². The highest BCUT2D eigenvalue weighted by atomic mass is 127. The van der Waals surface area contributed by atoms with Crippen molar-refractivity contribution in [3.63, 3.8) is 0 Å². The van der Waals surface area contributed by atoms with Crippen molar-refractivity contribution in [2.24, 2.45) is 10.9 Å². The second-order valence-electron chi connectivity index (χ2n) is 5.64. The molecule has 0 spiro atoms. The Morgan fingerprint density at radius 2 is 2.22 bits per heavy atom. The molecule has 1 fully saturated rings. The third-order valence-electron chi connectivity index (χ3n) is 3.94. The highest BCUT2D eigenvalue weighted by molar-refractivity contribution is 14.0. The summed E-state index contributed by atoms with van der Waals surface area (Å²) in [7, 11) is 0. The Morgan fingerprint density at radius 1 is 1.39 bits per heavy atom. The molecular weight excluding hydrogens is 427 g/mol. The molecule has 1 saturated carbocycles. The Balaban J connectivity index is 0.00000264. The fourth-order valence-electron chi connectivity index (χ4n) is 2.66. The van der Waals surface area contributed by atoms with Crippen LogP contribution in [-0.2, 0) is 6.42 Å². The largest absolute Gasteiger partial charge is 0.393 e. The summed E-state index contributed by atoms with van der Waals surface area (Å²) in [5.41, 5.74) is 1.14. The molecule has 2 unspecified atom stereocenters. The molecule has 2 atom stereocenters. The molecule has 0 radical (unpaired) electrons. The van der Waals surface area contributed by atoms with Crippen molar-refractivity contribution in [2.75, 3.05) is 19.6 Å². The highest BCUT2D eigenvalue weighted by Crippen LogP contribution is 2.25. The van der Waals surface area contributed by atoms with Crippen LogP contribution in [0.15, 0.2) is 23.3 Å². The Kier molecular flexibility index (Phi) is 9.81. The number of pyridine rings is 1. The van der Waals surface area contributed by atoms with E-state index in [4.69, 9.17) is 11.6 Å². The average Bonchev–Trinajstić information content (AvgIpc) is 2.92. The molecule has 23 heavy (non-hydrogen) atoms. The van der Waals surface area contributed by atoms with E-state index < -0.39 is 0 Å². The Labute approximate surface area is 160 Å². The standard InChI is InChI=1S/C16H25ClN4O.HI/c1-2-18-16(21-11-13-4-3-5-14(13)22)19-9-8-12-6-7-15(17)20-10-12;/h6-7,10,13-14,22H,2-5,8-9,11H2,1H3,(H2,18,19,21);1H. The van der Waals surface area contributed by atoms with Crippen LogP contribution in [0.25, 0.3) is 0 Å². The summed E-state index contributed by atoms with van der Waals surface area (Å²) in [5.74, 6) is 1.11. The van der Waals surface area contributed by atoms with E-state index in [9.17, 15) is 5.11 Å². The normalized spacial score (nSPS) is 20.9. The lowest BCUT2D eigenvalue weighted by Crippen LogP contribution is -2.39. The van der Waals surface area contributed by atoms with E-state index >= 15 is 0 Å². The van der Waals surface area contributed by atoms with Gasteiger partial charge in [0.25, 0.3) is 0 Å². The Morgan fingerprint density at radius 3 is 2.83 bits per heavy atom. The number of aliphatic hydroxyl groups is 1. The monoisotopic (exact) mass is 452 g/mol. The van der Waals surface area contributed by atoms with E-state index in [0.29, 0.717) is 17.6 Å². The lowest BCUT2D eigenvalue weighted by molar-refractivity contribution is 0.136. The molecule has 0 saturated heterocycles. The van der Waals surface area contributed by atoms with Crippen molar-refractivity contribution >= 4 is 41.5 Å². The lowest BCUT2D eigenvalue weighted by Gasteiger charge is -2.15. The lowest BCUT2D eigenvalue weighted by atomic mass is 10.1. The van der Waals surface area contributed by atoms with Crippen LogP contribution in [0.3, 0.4) is 0 Å². The number of aromatic nitrogens is 1. The second kappa shape index (κ2) is 11.0. The van der Waals surface area contributed by atoms with Crippen LogP contribution in [0.1, 0.15) is 31.7 Å². The fraction of sp³-hybridized carbons (Fsp3) is 0.625. The van der Waals surface area contributed by atoms with Crippen molar-refractivity contribution in [3.8, 4) is 0 Å². The number of hydrogen-bond donors (Lipinski definition) is 3. The summed E-state index contributed by atoms with van der Waals surface area (Å²) in [6.45, 7) is 4.33. The van der Waals surface area contributed by atoms with Crippen LogP contribution in [0, 0.1) is 5.92 Å². The van der Waals surface area contributed by atoms with Crippen LogP contribution in [0.4, 0.5) is 0 Å². The summed E-state index contributed by atoms with van der Waals surface area (Å²) in [6, 6.07) is 3.79. The number of aliphatic imine (C=N–C) groups is 1. The van der Waals surface area contributed by atoms with Gasteiger partial charge in [0.15, 0.2) is 5.96 Å². The number of nitrogens with zero attached hydrogens (tertiary/aromatic N) is 2. The van der Waals surface area contributed by atoms with Gasteiger partial charge in [-0.1, -0.05) is 24.1 Å². The zero-order valence-electron chi connectivity index (χ0n) is 13.5. The molecule has 0 bridgehead atoms. The minimum Gasteiger partial charge on any atom is -0.393 e. The minimum absolute atomic E-state index is 0. The van der Waals surface area contributed by atoms with Gasteiger partial charge in [-0.2, -0.15) is 0 Å². The first-order valence-corrected chi connectivity index (χ1v) is 8.37. The maximum absolute atomic E-state index is 9.85. The van der Waals surface area contributed by atoms with Crippen LogP contribution < -0.4 is 10.6 Å². The number of guanidine groups is 1. The zero-order chi connectivity index (χ0) is 15.8. The van der Waals surface area contributed by atoms with Gasteiger partial charge in [-0.15, -0.1) is 24.0 Å². The number of aliphatic hydroxyl groups excluding tert-OH is 1. The molecule has 1 aliphatic rings. The maximum Gasteiger partial charge on any atom is 0.191 e. The molecule has 0 amide bonds. The molecule has 1 aliphatic carbocycles. The van der Waals surface area contributed by atoms with E-state index in [1.807, 2.05) is 13.0 Å². The number of rotatable bonds is 6. The molecule has 0 aromatic carbocycles. The van der Waals surface area contributed by atoms with Crippen LogP contribution in [0.5, 0.6) is 0 Å². The fourth-order valence-corrected chi connectivity index (χ4v) is 2.77. The van der Waals surface area contributed by atoms with Gasteiger partial charge in [-0.3, -0.25) is 4.99 Å². The number of hydrogen-bond acceptors (Lipinski definition) is 3. The first-order chi connectivity index (χ1) is 10.7. The third-order valence-corrected chi connectivity index (χ3v) is 4.17. The van der Waals surface area contributed by atoms with Crippen molar-refractivity contribution in [2.45, 2.75) is 38.7 Å². The summed E-state index contributed by atoms with van der Waals surface area (Å²) >= 11 is 5.78. The number of nitrogens with one attached hydrogen (secondary N) is 2. The minimum atomic E-state index is -0.188. The summed E-state index contributed by atoms with van der Waals surface area (Å²) in [4.78, 5) is 8.66. The van der Waals surface area contributed by atoms with E-state index in [1.165, 1.54) is 0 Å². The number of halogens is 2. The summed E-state index contributed by atoms with van der Waals surface area (Å²) in [5, 5.41) is 16.9. The highest BCUT2D eigenvalue weighted by Gasteiger charge is 2.24. The van der Waals surface area contributed by atoms with Gasteiger partial charge in [0, 0.05) is 31.7 Å². The second-order valence-corrected chi connectivity index (χ2v) is 6.03. The molecule has 1 heterocycles. The Bertz CT molecular complexity index is 483. The Hall–Kier alpha value is -0.600. The van der Waals surface area contributed by atoms with E-state index in [1.54, 1.807) is 12.3 Å². The topological polar surface area (TPSA) is 69.5 Å². The van der Waals surface area contributed by atoms with Gasteiger partial charge < -0.3 is 15.7 Å². The van der Waals surface area contributed by atoms with Crippen molar-refractivity contribution in [1.29, 1.82) is 0 Å². The van der Waals surface area contributed by atoms with Gasteiger partial charge in [0.2, 0.25) is 0 Å². The van der Waals surface area contributed by atoms with Gasteiger partial charge in [0.1, 0.15) is 5.15 Å². The predicted octanol–water partition coefficient (Wildman–Crippen LogP) is 2.61. The molecule has 2 rings (SSSR count). The van der Waals surface area contributed by atoms with Gasteiger partial charge >= 0.3 is 0 Å². The molecular formula is C16H26ClIN4O. The van der Waals surface area contributed by atoms with E-state index in [-0.39, 0.29) is 30.1 Å². The van der Waals surface area contributed by atoms with Gasteiger partial charge in [-0.25, -0.2) is 4.98 Å². The first kappa shape index (κ1) is 20.4. The summed E-state index contributed by atoms with van der Waals surface area (Å²) < 4.78 is 0. The van der Waals surface area contributed by atoms with E-state index in [2.05, 4.69) is 20.6 Å². The SMILES string of the molecule is CCNC(=NCC1CCCC1O)NCCc1ccc(Cl)nc1.I. The van der Waals surface area contributed by atoms with Crippen LogP contribution >= 0.6 is 35.6 Å². The molecule has 7 heteroatoms. The molecule has 130 valence electrons. The molecule has 0 aliphatic heterocycles. The molecule has 5 nitrogen and oxygen atoms in total. The maximum atomic E-state index is 9.85.